The quantitative estimate of drug-likeness (QED) is 0.711. The van der Waals surface area contributed by atoms with Crippen LogP contribution < -0.4 is 10.9 Å². The summed E-state index contributed by atoms with van der Waals surface area (Å²) >= 11 is 0. The van der Waals surface area contributed by atoms with Gasteiger partial charge in [-0.2, -0.15) is 0 Å². The van der Waals surface area contributed by atoms with Gasteiger partial charge < -0.3 is 10.3 Å². The van der Waals surface area contributed by atoms with E-state index in [0.717, 1.165) is 49.0 Å². The van der Waals surface area contributed by atoms with E-state index in [1.807, 2.05) is 12.1 Å². The van der Waals surface area contributed by atoms with Crippen molar-refractivity contribution in [3.63, 3.8) is 0 Å². The van der Waals surface area contributed by atoms with Gasteiger partial charge in [-0.1, -0.05) is 12.5 Å². The highest BCUT2D eigenvalue weighted by molar-refractivity contribution is 6.04. The molecule has 0 saturated carbocycles. The Kier molecular flexibility index (Phi) is 4.35. The molecule has 0 atom stereocenters. The minimum Gasteiger partial charge on any atom is -0.325 e. The number of fused-ring (bicyclic) bond motifs is 1. The first-order valence-corrected chi connectivity index (χ1v) is 8.72. The molecule has 0 radical (unpaired) electrons. The van der Waals surface area contributed by atoms with E-state index >= 15 is 0 Å². The summed E-state index contributed by atoms with van der Waals surface area (Å²) in [6.07, 6.45) is 8.23. The van der Waals surface area contributed by atoms with Crippen molar-refractivity contribution in [3.05, 3.63) is 70.2 Å². The predicted octanol–water partition coefficient (Wildman–Crippen LogP) is 2.48. The van der Waals surface area contributed by atoms with Crippen LogP contribution in [0.15, 0.2) is 47.8 Å². The zero-order chi connectivity index (χ0) is 17.9. The van der Waals surface area contributed by atoms with Crippen molar-refractivity contribution >= 4 is 11.6 Å². The van der Waals surface area contributed by atoms with Crippen molar-refractivity contribution < 1.29 is 4.79 Å². The lowest BCUT2D eigenvalue weighted by molar-refractivity contribution is 0.102. The number of carbonyl (C=O) groups is 1. The average molecular weight is 349 g/mol. The summed E-state index contributed by atoms with van der Waals surface area (Å²) in [6.45, 7) is 0. The minimum absolute atomic E-state index is 0.153. The number of anilines is 1. The van der Waals surface area contributed by atoms with Gasteiger partial charge >= 0.3 is 0 Å². The number of aryl methyl sites for hydroxylation is 2. The monoisotopic (exact) mass is 349 g/mol. The molecule has 1 aromatic carbocycles. The van der Waals surface area contributed by atoms with Crippen LogP contribution in [0.4, 0.5) is 5.69 Å². The number of rotatable bonds is 3. The van der Waals surface area contributed by atoms with Crippen molar-refractivity contribution in [1.82, 2.24) is 19.7 Å². The number of aromatic nitrogens is 4. The summed E-state index contributed by atoms with van der Waals surface area (Å²) in [4.78, 5) is 27.9. The third-order valence-corrected chi connectivity index (χ3v) is 4.65. The van der Waals surface area contributed by atoms with Gasteiger partial charge in [-0.3, -0.25) is 14.2 Å². The lowest BCUT2D eigenvalue weighted by atomic mass is 10.1. The molecule has 0 saturated heterocycles. The SMILES string of the molecule is O=C(Nc1cccc(-n2cnnc2)c1)c1cc2c([nH]c1=O)CCCCC2. The fourth-order valence-corrected chi connectivity index (χ4v) is 3.30. The third-order valence-electron chi connectivity index (χ3n) is 4.65. The van der Waals surface area contributed by atoms with Gasteiger partial charge in [0.05, 0.1) is 5.69 Å². The number of pyridine rings is 1. The van der Waals surface area contributed by atoms with Crippen LogP contribution in [0.5, 0.6) is 0 Å². The van der Waals surface area contributed by atoms with Crippen LogP contribution in [-0.4, -0.2) is 25.7 Å². The first-order chi connectivity index (χ1) is 12.7. The van der Waals surface area contributed by atoms with E-state index in [0.29, 0.717) is 5.69 Å². The molecule has 4 rings (SSSR count). The van der Waals surface area contributed by atoms with Crippen molar-refractivity contribution in [2.75, 3.05) is 5.32 Å². The summed E-state index contributed by atoms with van der Waals surface area (Å²) in [7, 11) is 0. The van der Waals surface area contributed by atoms with Gasteiger partial charge in [0.15, 0.2) is 0 Å². The number of amides is 1. The van der Waals surface area contributed by atoms with Crippen molar-refractivity contribution in [2.45, 2.75) is 32.1 Å². The zero-order valence-electron chi connectivity index (χ0n) is 14.2. The maximum atomic E-state index is 12.6. The van der Waals surface area contributed by atoms with Gasteiger partial charge in [-0.25, -0.2) is 0 Å². The Morgan fingerprint density at radius 1 is 1.08 bits per heavy atom. The molecule has 7 heteroatoms. The standard InChI is InChI=1S/C19H19N5O2/c25-18(16-9-13-5-2-1-3-8-17(13)23-19(16)26)22-14-6-4-7-15(10-14)24-11-20-21-12-24/h4,6-7,9-12H,1-3,5,8H2,(H,22,25)(H,23,26). The Morgan fingerprint density at radius 2 is 1.88 bits per heavy atom. The lowest BCUT2D eigenvalue weighted by Gasteiger charge is -2.10. The molecule has 132 valence electrons. The number of carbonyl (C=O) groups excluding carboxylic acids is 1. The third kappa shape index (κ3) is 3.28. The summed E-state index contributed by atoms with van der Waals surface area (Å²) in [6, 6.07) is 9.04. The van der Waals surface area contributed by atoms with Crippen LogP contribution in [0.2, 0.25) is 0 Å². The van der Waals surface area contributed by atoms with Crippen LogP contribution >= 0.6 is 0 Å². The highest BCUT2D eigenvalue weighted by Crippen LogP contribution is 2.19. The summed E-state index contributed by atoms with van der Waals surface area (Å²) in [5.74, 6) is -0.404. The topological polar surface area (TPSA) is 92.7 Å². The molecule has 0 fully saturated rings. The molecule has 0 unspecified atom stereocenters. The molecule has 1 aliphatic carbocycles. The van der Waals surface area contributed by atoms with Gasteiger partial charge in [-0.15, -0.1) is 10.2 Å². The first-order valence-electron chi connectivity index (χ1n) is 8.72. The normalized spacial score (nSPS) is 13.7. The predicted molar refractivity (Wildman–Crippen MR) is 97.6 cm³/mol. The number of nitrogens with zero attached hydrogens (tertiary/aromatic N) is 3. The smallest absolute Gasteiger partial charge is 0.261 e. The summed E-state index contributed by atoms with van der Waals surface area (Å²) < 4.78 is 1.74. The van der Waals surface area contributed by atoms with Crippen molar-refractivity contribution in [3.8, 4) is 5.69 Å². The van der Waals surface area contributed by atoms with Crippen molar-refractivity contribution in [2.24, 2.45) is 0 Å². The van der Waals surface area contributed by atoms with E-state index < -0.39 is 5.91 Å². The molecule has 7 nitrogen and oxygen atoms in total. The molecule has 2 aromatic heterocycles. The fraction of sp³-hybridized carbons (Fsp3) is 0.263. The minimum atomic E-state index is -0.404. The highest BCUT2D eigenvalue weighted by atomic mass is 16.2. The van der Waals surface area contributed by atoms with Crippen molar-refractivity contribution in [1.29, 1.82) is 0 Å². The van der Waals surface area contributed by atoms with E-state index in [1.54, 1.807) is 35.4 Å². The number of hydrogen-bond acceptors (Lipinski definition) is 4. The molecule has 0 spiro atoms. The second kappa shape index (κ2) is 6.95. The highest BCUT2D eigenvalue weighted by Gasteiger charge is 2.16. The Labute approximate surface area is 150 Å². The van der Waals surface area contributed by atoms with Gasteiger partial charge in [-0.05, 0) is 55.5 Å². The first kappa shape index (κ1) is 16.3. The second-order valence-electron chi connectivity index (χ2n) is 6.45. The maximum absolute atomic E-state index is 12.6. The van der Waals surface area contributed by atoms with Crippen LogP contribution in [0.25, 0.3) is 5.69 Å². The molecule has 3 aromatic rings. The fourth-order valence-electron chi connectivity index (χ4n) is 3.30. The molecular weight excluding hydrogens is 330 g/mol. The number of H-pyrrole nitrogens is 1. The molecular formula is C19H19N5O2. The van der Waals surface area contributed by atoms with Gasteiger partial charge in [0, 0.05) is 11.4 Å². The molecule has 2 N–H and O–H groups in total. The second-order valence-corrected chi connectivity index (χ2v) is 6.45. The Balaban J connectivity index is 1.60. The summed E-state index contributed by atoms with van der Waals surface area (Å²) in [5, 5.41) is 10.4. The van der Waals surface area contributed by atoms with E-state index in [4.69, 9.17) is 0 Å². The number of hydrogen-bond donors (Lipinski definition) is 2. The van der Waals surface area contributed by atoms with Crippen LogP contribution in [0.1, 0.15) is 40.9 Å². The van der Waals surface area contributed by atoms with E-state index in [2.05, 4.69) is 20.5 Å². The molecule has 2 heterocycles. The molecule has 0 aliphatic heterocycles. The summed E-state index contributed by atoms with van der Waals surface area (Å²) in [5.41, 5.74) is 3.29. The number of nitrogens with one attached hydrogen (secondary N) is 2. The molecule has 0 bridgehead atoms. The van der Waals surface area contributed by atoms with Crippen LogP contribution in [-0.2, 0) is 12.8 Å². The van der Waals surface area contributed by atoms with E-state index in [-0.39, 0.29) is 11.1 Å². The number of aromatic amines is 1. The Hall–Kier alpha value is -3.22. The average Bonchev–Trinajstić information content (AvgIpc) is 3.08. The zero-order valence-corrected chi connectivity index (χ0v) is 14.2. The Morgan fingerprint density at radius 3 is 2.73 bits per heavy atom. The van der Waals surface area contributed by atoms with E-state index in [1.165, 1.54) is 0 Å². The largest absolute Gasteiger partial charge is 0.325 e. The molecule has 1 aliphatic rings. The number of benzene rings is 1. The Bertz CT molecular complexity index is 991. The molecule has 1 amide bonds. The van der Waals surface area contributed by atoms with Gasteiger partial charge in [0.25, 0.3) is 11.5 Å². The van der Waals surface area contributed by atoms with Crippen LogP contribution in [0.3, 0.4) is 0 Å². The maximum Gasteiger partial charge on any atom is 0.261 e. The van der Waals surface area contributed by atoms with Gasteiger partial charge in [0.2, 0.25) is 0 Å². The molecule has 26 heavy (non-hydrogen) atoms. The van der Waals surface area contributed by atoms with E-state index in [9.17, 15) is 9.59 Å². The lowest BCUT2D eigenvalue weighted by Crippen LogP contribution is -2.25. The van der Waals surface area contributed by atoms with Gasteiger partial charge in [0.1, 0.15) is 18.2 Å². The van der Waals surface area contributed by atoms with Crippen LogP contribution in [0, 0.1) is 0 Å².